The zero-order chi connectivity index (χ0) is 19.4. The van der Waals surface area contributed by atoms with Crippen LogP contribution in [0.15, 0.2) is 54.9 Å². The van der Waals surface area contributed by atoms with Gasteiger partial charge in [-0.1, -0.05) is 36.4 Å². The third-order valence-corrected chi connectivity index (χ3v) is 4.32. The largest absolute Gasteiger partial charge is 0.434 e. The van der Waals surface area contributed by atoms with Gasteiger partial charge in [-0.15, -0.1) is 0 Å². The summed E-state index contributed by atoms with van der Waals surface area (Å²) in [5.74, 6) is 0.508. The van der Waals surface area contributed by atoms with Gasteiger partial charge in [-0.2, -0.15) is 4.98 Å². The molecule has 27 heavy (non-hydrogen) atoms. The fourth-order valence-corrected chi connectivity index (χ4v) is 2.63. The maximum atomic E-state index is 11.7. The van der Waals surface area contributed by atoms with Crippen LogP contribution in [0, 0.1) is 24.0 Å². The predicted octanol–water partition coefficient (Wildman–Crippen LogP) is 4.97. The molecule has 0 aliphatic rings. The molecule has 138 valence electrons. The molecule has 7 nitrogen and oxygen atoms in total. The quantitative estimate of drug-likeness (QED) is 0.491. The number of aromatic nitrogens is 2. The molecule has 2 aromatic carbocycles. The summed E-state index contributed by atoms with van der Waals surface area (Å²) in [4.78, 5) is 19.2. The van der Waals surface area contributed by atoms with Gasteiger partial charge in [-0.3, -0.25) is 10.1 Å². The molecule has 3 aromatic rings. The maximum absolute atomic E-state index is 11.7. The monoisotopic (exact) mass is 364 g/mol. The molecule has 0 spiro atoms. The number of benzene rings is 2. The Bertz CT molecular complexity index is 961. The van der Waals surface area contributed by atoms with Crippen molar-refractivity contribution in [2.24, 2.45) is 0 Å². The van der Waals surface area contributed by atoms with Crippen LogP contribution in [0.5, 0.6) is 11.6 Å². The average molecular weight is 364 g/mol. The molecule has 1 N–H and O–H groups in total. The molecule has 0 radical (unpaired) electrons. The minimum absolute atomic E-state index is 0.0963. The van der Waals surface area contributed by atoms with Gasteiger partial charge in [0.25, 0.3) is 0 Å². The first-order valence-electron chi connectivity index (χ1n) is 8.51. The van der Waals surface area contributed by atoms with Crippen molar-refractivity contribution in [2.75, 3.05) is 5.32 Å². The van der Waals surface area contributed by atoms with Crippen LogP contribution in [0.25, 0.3) is 0 Å². The van der Waals surface area contributed by atoms with Crippen LogP contribution < -0.4 is 10.1 Å². The minimum Gasteiger partial charge on any atom is -0.434 e. The van der Waals surface area contributed by atoms with Gasteiger partial charge >= 0.3 is 11.6 Å². The van der Waals surface area contributed by atoms with E-state index < -0.39 is 4.92 Å². The Balaban J connectivity index is 1.92. The van der Waals surface area contributed by atoms with Gasteiger partial charge in [0.1, 0.15) is 12.1 Å². The molecular weight excluding hydrogens is 344 g/mol. The van der Waals surface area contributed by atoms with Gasteiger partial charge in [-0.25, -0.2) is 4.98 Å². The van der Waals surface area contributed by atoms with Gasteiger partial charge in [-0.05, 0) is 49.6 Å². The lowest BCUT2D eigenvalue weighted by atomic mass is 10.1. The van der Waals surface area contributed by atoms with E-state index in [0.717, 1.165) is 16.7 Å². The van der Waals surface area contributed by atoms with E-state index in [0.29, 0.717) is 5.75 Å². The van der Waals surface area contributed by atoms with Gasteiger partial charge in [0.15, 0.2) is 0 Å². The van der Waals surface area contributed by atoms with Gasteiger partial charge in [0, 0.05) is 0 Å². The minimum atomic E-state index is -0.531. The van der Waals surface area contributed by atoms with E-state index in [1.807, 2.05) is 63.2 Å². The number of hydrogen-bond acceptors (Lipinski definition) is 6. The topological polar surface area (TPSA) is 90.2 Å². The summed E-state index contributed by atoms with van der Waals surface area (Å²) >= 11 is 0. The molecule has 1 heterocycles. The van der Waals surface area contributed by atoms with Crippen molar-refractivity contribution in [3.63, 3.8) is 0 Å². The van der Waals surface area contributed by atoms with Crippen molar-refractivity contribution in [2.45, 2.75) is 26.8 Å². The van der Waals surface area contributed by atoms with Crippen LogP contribution >= 0.6 is 0 Å². The van der Waals surface area contributed by atoms with Crippen LogP contribution in [0.4, 0.5) is 11.5 Å². The van der Waals surface area contributed by atoms with Gasteiger partial charge in [0.2, 0.25) is 5.82 Å². The molecular formula is C20H20N4O3. The van der Waals surface area contributed by atoms with Crippen LogP contribution in [-0.4, -0.2) is 14.9 Å². The van der Waals surface area contributed by atoms with Gasteiger partial charge in [0.05, 0.1) is 11.0 Å². The standard InChI is InChI=1S/C20H20N4O3/c1-13-9-10-17(11-14(13)2)27-20-18(24(25)26)19(21-12-22-20)23-15(3)16-7-5-4-6-8-16/h4-12,15H,1-3H3,(H,21,22,23). The van der Waals surface area contributed by atoms with E-state index in [9.17, 15) is 10.1 Å². The zero-order valence-corrected chi connectivity index (χ0v) is 15.3. The number of ether oxygens (including phenoxy) is 1. The number of hydrogen-bond donors (Lipinski definition) is 1. The lowest BCUT2D eigenvalue weighted by Crippen LogP contribution is -2.11. The summed E-state index contributed by atoms with van der Waals surface area (Å²) in [5.41, 5.74) is 2.83. The summed E-state index contributed by atoms with van der Waals surface area (Å²) in [6.07, 6.45) is 1.25. The highest BCUT2D eigenvalue weighted by atomic mass is 16.6. The Kier molecular flexibility index (Phi) is 5.30. The highest BCUT2D eigenvalue weighted by molar-refractivity contribution is 5.62. The summed E-state index contributed by atoms with van der Waals surface area (Å²) in [5, 5.41) is 14.8. The van der Waals surface area contributed by atoms with Crippen LogP contribution in [0.3, 0.4) is 0 Å². The van der Waals surface area contributed by atoms with Crippen molar-refractivity contribution < 1.29 is 9.66 Å². The van der Waals surface area contributed by atoms with Crippen LogP contribution in [0.2, 0.25) is 0 Å². The number of anilines is 1. The smallest absolute Gasteiger partial charge is 0.373 e. The van der Waals surface area contributed by atoms with E-state index in [1.165, 1.54) is 6.33 Å². The number of nitrogens with zero attached hydrogens (tertiary/aromatic N) is 3. The molecule has 1 aromatic heterocycles. The Hall–Kier alpha value is -3.48. The van der Waals surface area contributed by atoms with E-state index in [4.69, 9.17) is 4.74 Å². The SMILES string of the molecule is Cc1ccc(Oc2ncnc(NC(C)c3ccccc3)c2[N+](=O)[O-])cc1C. The van der Waals surface area contributed by atoms with Crippen molar-refractivity contribution in [1.29, 1.82) is 0 Å². The Morgan fingerprint density at radius 1 is 1.07 bits per heavy atom. The number of nitro groups is 1. The third kappa shape index (κ3) is 4.20. The second kappa shape index (κ2) is 7.82. The Labute approximate surface area is 157 Å². The van der Waals surface area contributed by atoms with Crippen molar-refractivity contribution in [3.8, 4) is 11.6 Å². The zero-order valence-electron chi connectivity index (χ0n) is 15.3. The lowest BCUT2D eigenvalue weighted by Gasteiger charge is -2.15. The van der Waals surface area contributed by atoms with E-state index in [2.05, 4.69) is 15.3 Å². The number of nitrogens with one attached hydrogen (secondary N) is 1. The van der Waals surface area contributed by atoms with Crippen molar-refractivity contribution in [3.05, 3.63) is 81.7 Å². The third-order valence-electron chi connectivity index (χ3n) is 4.32. The van der Waals surface area contributed by atoms with Crippen molar-refractivity contribution >= 4 is 11.5 Å². The number of rotatable bonds is 6. The first-order valence-corrected chi connectivity index (χ1v) is 8.51. The van der Waals surface area contributed by atoms with E-state index >= 15 is 0 Å². The normalized spacial score (nSPS) is 11.7. The Morgan fingerprint density at radius 3 is 2.48 bits per heavy atom. The van der Waals surface area contributed by atoms with E-state index in [-0.39, 0.29) is 23.4 Å². The summed E-state index contributed by atoms with van der Waals surface area (Å²) in [6.45, 7) is 5.84. The highest BCUT2D eigenvalue weighted by Gasteiger charge is 2.26. The Morgan fingerprint density at radius 2 is 1.81 bits per heavy atom. The van der Waals surface area contributed by atoms with Gasteiger partial charge < -0.3 is 10.1 Å². The first kappa shape index (κ1) is 18.3. The first-order chi connectivity index (χ1) is 13.0. The van der Waals surface area contributed by atoms with E-state index in [1.54, 1.807) is 6.07 Å². The molecule has 0 amide bonds. The molecule has 0 bridgehead atoms. The summed E-state index contributed by atoms with van der Waals surface area (Å²) in [7, 11) is 0. The van der Waals surface area contributed by atoms with Crippen molar-refractivity contribution in [1.82, 2.24) is 9.97 Å². The second-order valence-electron chi connectivity index (χ2n) is 6.26. The lowest BCUT2D eigenvalue weighted by molar-refractivity contribution is -0.385. The fourth-order valence-electron chi connectivity index (χ4n) is 2.63. The molecule has 0 aliphatic carbocycles. The highest BCUT2D eigenvalue weighted by Crippen LogP contribution is 2.35. The molecule has 1 atom stereocenters. The summed E-state index contributed by atoms with van der Waals surface area (Å²) < 4.78 is 5.70. The average Bonchev–Trinajstić information content (AvgIpc) is 2.65. The second-order valence-corrected chi connectivity index (χ2v) is 6.26. The predicted molar refractivity (Wildman–Crippen MR) is 103 cm³/mol. The molecule has 0 saturated carbocycles. The molecule has 7 heteroatoms. The summed E-state index contributed by atoms with van der Waals surface area (Å²) in [6, 6.07) is 14.9. The number of aryl methyl sites for hydroxylation is 2. The molecule has 0 saturated heterocycles. The molecule has 0 aliphatic heterocycles. The maximum Gasteiger partial charge on any atom is 0.373 e. The fraction of sp³-hybridized carbons (Fsp3) is 0.200. The molecule has 0 fully saturated rings. The van der Waals surface area contributed by atoms with Crippen LogP contribution in [0.1, 0.15) is 29.7 Å². The van der Waals surface area contributed by atoms with Crippen LogP contribution in [-0.2, 0) is 0 Å². The molecule has 1 unspecified atom stereocenters. The molecule has 3 rings (SSSR count).